The van der Waals surface area contributed by atoms with Crippen LogP contribution in [0.3, 0.4) is 0 Å². The predicted molar refractivity (Wildman–Crippen MR) is 70.5 cm³/mol. The van der Waals surface area contributed by atoms with Crippen molar-refractivity contribution in [1.29, 1.82) is 0 Å². The monoisotopic (exact) mass is 265 g/mol. The van der Waals surface area contributed by atoms with Crippen LogP contribution in [0.25, 0.3) is 0 Å². The molecule has 1 saturated heterocycles. The molecule has 1 aromatic rings. The van der Waals surface area contributed by atoms with Gasteiger partial charge in [-0.3, -0.25) is 14.7 Å². The summed E-state index contributed by atoms with van der Waals surface area (Å²) < 4.78 is 0. The summed E-state index contributed by atoms with van der Waals surface area (Å²) >= 11 is 0. The van der Waals surface area contributed by atoms with Crippen LogP contribution in [-0.4, -0.2) is 46.5 Å². The summed E-state index contributed by atoms with van der Waals surface area (Å²) in [5.41, 5.74) is 7.04. The summed E-state index contributed by atoms with van der Waals surface area (Å²) in [6.07, 6.45) is 2.75. The molecule has 0 aliphatic carbocycles. The Balaban J connectivity index is 1.90. The van der Waals surface area contributed by atoms with Crippen LogP contribution in [-0.2, 0) is 11.2 Å². The molecule has 1 aromatic heterocycles. The van der Waals surface area contributed by atoms with Crippen LogP contribution in [0.4, 0.5) is 5.69 Å². The highest BCUT2D eigenvalue weighted by atomic mass is 16.2. The zero-order chi connectivity index (χ0) is 13.8. The van der Waals surface area contributed by atoms with Gasteiger partial charge in [-0.15, -0.1) is 0 Å². The van der Waals surface area contributed by atoms with E-state index in [0.717, 1.165) is 31.6 Å². The van der Waals surface area contributed by atoms with E-state index < -0.39 is 5.91 Å². The molecule has 7 nitrogen and oxygen atoms in total. The van der Waals surface area contributed by atoms with Gasteiger partial charge in [0, 0.05) is 13.1 Å². The highest BCUT2D eigenvalue weighted by Gasteiger charge is 2.20. The molecule has 4 N–H and O–H groups in total. The van der Waals surface area contributed by atoms with E-state index in [1.54, 1.807) is 4.90 Å². The number of carbonyl (C=O) groups is 2. The Kier molecular flexibility index (Phi) is 4.03. The van der Waals surface area contributed by atoms with Crippen molar-refractivity contribution in [3.8, 4) is 0 Å². The quantitative estimate of drug-likeness (QED) is 0.707. The first-order chi connectivity index (χ1) is 9.13. The Morgan fingerprint density at radius 1 is 1.42 bits per heavy atom. The fourth-order valence-electron chi connectivity index (χ4n) is 2.15. The lowest BCUT2D eigenvalue weighted by atomic mass is 10.2. The van der Waals surface area contributed by atoms with Gasteiger partial charge < -0.3 is 16.0 Å². The number of anilines is 1. The van der Waals surface area contributed by atoms with Crippen LogP contribution in [0.15, 0.2) is 0 Å². The van der Waals surface area contributed by atoms with Crippen LogP contribution in [0.1, 0.15) is 35.9 Å². The smallest absolute Gasteiger partial charge is 0.274 e. The van der Waals surface area contributed by atoms with E-state index >= 15 is 0 Å². The molecule has 0 radical (unpaired) electrons. The summed E-state index contributed by atoms with van der Waals surface area (Å²) in [5.74, 6) is -0.475. The SMILES string of the molecule is CCc1[nH]nc(C(=O)NCC(=O)N2CCCC2)c1N. The van der Waals surface area contributed by atoms with Gasteiger partial charge >= 0.3 is 0 Å². The van der Waals surface area contributed by atoms with Crippen LogP contribution < -0.4 is 11.1 Å². The van der Waals surface area contributed by atoms with Crippen LogP contribution in [0.5, 0.6) is 0 Å². The Morgan fingerprint density at radius 2 is 2.11 bits per heavy atom. The molecule has 7 heteroatoms. The molecule has 1 aliphatic rings. The van der Waals surface area contributed by atoms with Gasteiger partial charge in [0.25, 0.3) is 5.91 Å². The third-order valence-electron chi connectivity index (χ3n) is 3.31. The lowest BCUT2D eigenvalue weighted by molar-refractivity contribution is -0.129. The van der Waals surface area contributed by atoms with Crippen molar-refractivity contribution in [1.82, 2.24) is 20.4 Å². The Morgan fingerprint density at radius 3 is 2.68 bits per heavy atom. The first-order valence-corrected chi connectivity index (χ1v) is 6.52. The summed E-state index contributed by atoms with van der Waals surface area (Å²) in [7, 11) is 0. The van der Waals surface area contributed by atoms with Gasteiger partial charge in [0.2, 0.25) is 5.91 Å². The number of nitrogens with two attached hydrogens (primary N) is 1. The molecule has 0 bridgehead atoms. The molecule has 1 aliphatic heterocycles. The molecule has 2 heterocycles. The number of nitrogens with one attached hydrogen (secondary N) is 2. The van der Waals surface area contributed by atoms with Gasteiger partial charge in [-0.1, -0.05) is 6.92 Å². The van der Waals surface area contributed by atoms with Gasteiger partial charge in [-0.05, 0) is 19.3 Å². The zero-order valence-electron chi connectivity index (χ0n) is 11.0. The van der Waals surface area contributed by atoms with E-state index in [9.17, 15) is 9.59 Å². The van der Waals surface area contributed by atoms with E-state index in [1.165, 1.54) is 0 Å². The number of nitrogen functional groups attached to an aromatic ring is 1. The maximum atomic E-state index is 11.9. The van der Waals surface area contributed by atoms with Crippen molar-refractivity contribution in [2.75, 3.05) is 25.4 Å². The zero-order valence-corrected chi connectivity index (χ0v) is 11.0. The van der Waals surface area contributed by atoms with Gasteiger partial charge in [-0.25, -0.2) is 0 Å². The van der Waals surface area contributed by atoms with E-state index in [2.05, 4.69) is 15.5 Å². The number of aryl methyl sites for hydroxylation is 1. The fourth-order valence-corrected chi connectivity index (χ4v) is 2.15. The van der Waals surface area contributed by atoms with Crippen LogP contribution in [0, 0.1) is 0 Å². The average molecular weight is 265 g/mol. The van der Waals surface area contributed by atoms with Crippen molar-refractivity contribution < 1.29 is 9.59 Å². The van der Waals surface area contributed by atoms with Crippen LogP contribution in [0.2, 0.25) is 0 Å². The first kappa shape index (κ1) is 13.4. The second kappa shape index (κ2) is 5.73. The number of aromatic amines is 1. The summed E-state index contributed by atoms with van der Waals surface area (Å²) in [6.45, 7) is 3.47. The van der Waals surface area contributed by atoms with Crippen molar-refractivity contribution in [2.24, 2.45) is 0 Å². The number of nitrogens with zero attached hydrogens (tertiary/aromatic N) is 2. The third kappa shape index (κ3) is 2.86. The molecule has 0 aromatic carbocycles. The average Bonchev–Trinajstić information content (AvgIpc) is 3.04. The van der Waals surface area contributed by atoms with Gasteiger partial charge in [0.1, 0.15) is 0 Å². The topological polar surface area (TPSA) is 104 Å². The van der Waals surface area contributed by atoms with E-state index in [0.29, 0.717) is 12.1 Å². The van der Waals surface area contributed by atoms with Crippen molar-refractivity contribution in [3.05, 3.63) is 11.4 Å². The van der Waals surface area contributed by atoms with Gasteiger partial charge in [0.15, 0.2) is 5.69 Å². The molecule has 104 valence electrons. The molecular formula is C12H19N5O2. The van der Waals surface area contributed by atoms with Crippen molar-refractivity contribution in [2.45, 2.75) is 26.2 Å². The molecule has 1 fully saturated rings. The molecule has 19 heavy (non-hydrogen) atoms. The first-order valence-electron chi connectivity index (χ1n) is 6.52. The van der Waals surface area contributed by atoms with Crippen molar-refractivity contribution in [3.63, 3.8) is 0 Å². The normalized spacial score (nSPS) is 14.7. The standard InChI is InChI=1S/C12H19N5O2/c1-2-8-10(13)11(16-15-8)12(19)14-7-9(18)17-5-3-4-6-17/h2-7,13H2,1H3,(H,14,19)(H,15,16). The van der Waals surface area contributed by atoms with Crippen LogP contribution >= 0.6 is 0 Å². The number of hydrogen-bond donors (Lipinski definition) is 3. The highest BCUT2D eigenvalue weighted by Crippen LogP contribution is 2.14. The summed E-state index contributed by atoms with van der Waals surface area (Å²) in [5, 5.41) is 9.15. The molecule has 0 spiro atoms. The Hall–Kier alpha value is -2.05. The van der Waals surface area contributed by atoms with Crippen molar-refractivity contribution >= 4 is 17.5 Å². The van der Waals surface area contributed by atoms with Gasteiger partial charge in [-0.2, -0.15) is 5.10 Å². The minimum atomic E-state index is -0.416. The van der Waals surface area contributed by atoms with E-state index in [4.69, 9.17) is 5.73 Å². The second-order valence-corrected chi connectivity index (χ2v) is 4.59. The Bertz CT molecular complexity index is 476. The number of hydrogen-bond acceptors (Lipinski definition) is 4. The van der Waals surface area contributed by atoms with Gasteiger partial charge in [0.05, 0.1) is 17.9 Å². The summed E-state index contributed by atoms with van der Waals surface area (Å²) in [4.78, 5) is 25.4. The minimum Gasteiger partial charge on any atom is -0.395 e. The lowest BCUT2D eigenvalue weighted by Crippen LogP contribution is -2.38. The molecule has 2 amide bonds. The predicted octanol–water partition coefficient (Wildman–Crippen LogP) is -0.0935. The molecule has 0 unspecified atom stereocenters. The number of H-pyrrole nitrogens is 1. The molecule has 2 rings (SSSR count). The molecule has 0 saturated carbocycles. The second-order valence-electron chi connectivity index (χ2n) is 4.59. The molecule has 0 atom stereocenters. The summed E-state index contributed by atoms with van der Waals surface area (Å²) in [6, 6.07) is 0. The number of rotatable bonds is 4. The Labute approximate surface area is 111 Å². The van der Waals surface area contributed by atoms with E-state index in [-0.39, 0.29) is 18.1 Å². The highest BCUT2D eigenvalue weighted by molar-refractivity contribution is 5.99. The lowest BCUT2D eigenvalue weighted by Gasteiger charge is -2.15. The number of carbonyl (C=O) groups excluding carboxylic acids is 2. The fraction of sp³-hybridized carbons (Fsp3) is 0.583. The molecular weight excluding hydrogens is 246 g/mol. The van der Waals surface area contributed by atoms with E-state index in [1.807, 2.05) is 6.92 Å². The third-order valence-corrected chi connectivity index (χ3v) is 3.31. The maximum absolute atomic E-state index is 11.9. The largest absolute Gasteiger partial charge is 0.395 e. The maximum Gasteiger partial charge on any atom is 0.274 e. The number of likely N-dealkylation sites (tertiary alicyclic amines) is 1. The number of aromatic nitrogens is 2. The minimum absolute atomic E-state index is 0.00735. The number of amides is 2.